The van der Waals surface area contributed by atoms with Gasteiger partial charge in [0, 0.05) is 26.1 Å². The minimum atomic E-state index is -0.0379. The van der Waals surface area contributed by atoms with Gasteiger partial charge in [0.05, 0.1) is 34.0 Å². The second-order valence-electron chi connectivity index (χ2n) is 6.66. The van der Waals surface area contributed by atoms with E-state index in [1.54, 1.807) is 41.7 Å². The van der Waals surface area contributed by atoms with Crippen molar-refractivity contribution in [2.45, 2.75) is 13.5 Å². The summed E-state index contributed by atoms with van der Waals surface area (Å²) in [4.78, 5) is 30.9. The maximum atomic E-state index is 13.2. The molecule has 0 spiro atoms. The molecule has 30 heavy (non-hydrogen) atoms. The van der Waals surface area contributed by atoms with Crippen molar-refractivity contribution in [2.75, 3.05) is 32.6 Å². The molecule has 0 aromatic carbocycles. The fraction of sp³-hybridized carbons (Fsp3) is 0.300. The summed E-state index contributed by atoms with van der Waals surface area (Å²) in [5, 5.41) is 9.20. The third-order valence-corrected chi connectivity index (χ3v) is 7.67. The zero-order chi connectivity index (χ0) is 21.1. The average Bonchev–Trinajstić information content (AvgIpc) is 3.48. The van der Waals surface area contributed by atoms with Crippen LogP contribution in [0.3, 0.4) is 0 Å². The van der Waals surface area contributed by atoms with Gasteiger partial charge >= 0.3 is 0 Å². The Morgan fingerprint density at radius 1 is 1.30 bits per heavy atom. The van der Waals surface area contributed by atoms with E-state index in [0.717, 1.165) is 37.2 Å². The topological polar surface area (TPSA) is 80.2 Å². The summed E-state index contributed by atoms with van der Waals surface area (Å²) in [5.41, 5.74) is 1.78. The van der Waals surface area contributed by atoms with E-state index in [-0.39, 0.29) is 5.91 Å². The third kappa shape index (κ3) is 4.22. The standard InChI is InChI=1S/C20H21N5O2S3/c1-12-15-17(21-6-7-27-3)22-11-23-19(15)30-16(12)20(26)25(2)9-13-10-29-18(24-13)14-5-4-8-28-14/h4-5,8,10-11H,6-7,9H2,1-3H3,(H,21,22,23). The van der Waals surface area contributed by atoms with Gasteiger partial charge in [-0.15, -0.1) is 34.0 Å². The van der Waals surface area contributed by atoms with E-state index in [2.05, 4.69) is 26.3 Å². The molecule has 0 aliphatic carbocycles. The van der Waals surface area contributed by atoms with Crippen molar-refractivity contribution in [2.24, 2.45) is 0 Å². The van der Waals surface area contributed by atoms with Crippen LogP contribution >= 0.6 is 34.0 Å². The van der Waals surface area contributed by atoms with Gasteiger partial charge in [-0.2, -0.15) is 0 Å². The number of rotatable bonds is 8. The fourth-order valence-corrected chi connectivity index (χ4v) is 5.83. The Kier molecular flexibility index (Phi) is 6.38. The zero-order valence-electron chi connectivity index (χ0n) is 16.8. The van der Waals surface area contributed by atoms with Gasteiger partial charge in [-0.1, -0.05) is 6.07 Å². The molecular formula is C20H21N5O2S3. The molecule has 10 heteroatoms. The number of carbonyl (C=O) groups is 1. The highest BCUT2D eigenvalue weighted by Gasteiger charge is 2.22. The van der Waals surface area contributed by atoms with Gasteiger partial charge < -0.3 is 15.0 Å². The predicted molar refractivity (Wildman–Crippen MR) is 124 cm³/mol. The van der Waals surface area contributed by atoms with E-state index in [1.165, 1.54) is 17.7 Å². The van der Waals surface area contributed by atoms with Crippen LogP contribution in [-0.4, -0.2) is 53.1 Å². The highest BCUT2D eigenvalue weighted by Crippen LogP contribution is 2.34. The number of hydrogen-bond acceptors (Lipinski definition) is 9. The van der Waals surface area contributed by atoms with Crippen molar-refractivity contribution in [3.8, 4) is 9.88 Å². The van der Waals surface area contributed by atoms with Crippen LogP contribution in [0.4, 0.5) is 5.82 Å². The first kappa shape index (κ1) is 20.9. The highest BCUT2D eigenvalue weighted by molar-refractivity contribution is 7.21. The van der Waals surface area contributed by atoms with E-state index in [4.69, 9.17) is 4.74 Å². The highest BCUT2D eigenvalue weighted by atomic mass is 32.1. The smallest absolute Gasteiger partial charge is 0.264 e. The molecule has 0 fully saturated rings. The average molecular weight is 460 g/mol. The zero-order valence-corrected chi connectivity index (χ0v) is 19.3. The van der Waals surface area contributed by atoms with Crippen molar-refractivity contribution in [1.29, 1.82) is 0 Å². The van der Waals surface area contributed by atoms with Gasteiger partial charge in [0.1, 0.15) is 22.0 Å². The maximum absolute atomic E-state index is 13.2. The number of aryl methyl sites for hydroxylation is 1. The number of carbonyl (C=O) groups excluding carboxylic acids is 1. The molecule has 0 saturated carbocycles. The number of hydrogen-bond donors (Lipinski definition) is 1. The molecule has 0 unspecified atom stereocenters. The van der Waals surface area contributed by atoms with E-state index < -0.39 is 0 Å². The molecule has 4 rings (SSSR count). The maximum Gasteiger partial charge on any atom is 0.264 e. The molecule has 0 aliphatic heterocycles. The summed E-state index contributed by atoms with van der Waals surface area (Å²) in [6.07, 6.45) is 1.52. The van der Waals surface area contributed by atoms with Gasteiger partial charge in [-0.3, -0.25) is 4.79 Å². The number of amides is 1. The van der Waals surface area contributed by atoms with Crippen LogP contribution < -0.4 is 5.32 Å². The van der Waals surface area contributed by atoms with Gasteiger partial charge in [0.25, 0.3) is 5.91 Å². The second-order valence-corrected chi connectivity index (χ2v) is 9.47. The van der Waals surface area contributed by atoms with Crippen LogP contribution in [0.2, 0.25) is 0 Å². The lowest BCUT2D eigenvalue weighted by molar-refractivity contribution is 0.0788. The number of thiophene rings is 2. The van der Waals surface area contributed by atoms with Crippen molar-refractivity contribution in [3.63, 3.8) is 0 Å². The number of nitrogens with zero attached hydrogens (tertiary/aromatic N) is 4. The normalized spacial score (nSPS) is 11.2. The summed E-state index contributed by atoms with van der Waals surface area (Å²) in [5.74, 6) is 0.691. The summed E-state index contributed by atoms with van der Waals surface area (Å²) in [7, 11) is 3.46. The number of ether oxygens (including phenoxy) is 1. The number of fused-ring (bicyclic) bond motifs is 1. The lowest BCUT2D eigenvalue weighted by Gasteiger charge is -2.15. The minimum Gasteiger partial charge on any atom is -0.383 e. The molecule has 0 bridgehead atoms. The minimum absolute atomic E-state index is 0.0379. The molecule has 0 aliphatic rings. The molecule has 4 aromatic rings. The number of aromatic nitrogens is 3. The van der Waals surface area contributed by atoms with Crippen LogP contribution in [-0.2, 0) is 11.3 Å². The van der Waals surface area contributed by atoms with E-state index in [0.29, 0.717) is 24.6 Å². The summed E-state index contributed by atoms with van der Waals surface area (Å²) in [6.45, 7) is 3.61. The lowest BCUT2D eigenvalue weighted by atomic mass is 10.2. The van der Waals surface area contributed by atoms with Crippen molar-refractivity contribution < 1.29 is 9.53 Å². The second kappa shape index (κ2) is 9.17. The Morgan fingerprint density at radius 2 is 2.17 bits per heavy atom. The van der Waals surface area contributed by atoms with Crippen molar-refractivity contribution in [1.82, 2.24) is 19.9 Å². The summed E-state index contributed by atoms with van der Waals surface area (Å²) >= 11 is 4.67. The molecule has 0 saturated heterocycles. The Morgan fingerprint density at radius 3 is 2.93 bits per heavy atom. The van der Waals surface area contributed by atoms with Crippen LogP contribution in [0, 0.1) is 6.92 Å². The SMILES string of the molecule is COCCNc1ncnc2sc(C(=O)N(C)Cc3csc(-c4cccs4)n3)c(C)c12. The number of anilines is 1. The Labute approximate surface area is 186 Å². The molecule has 1 amide bonds. The lowest BCUT2D eigenvalue weighted by Crippen LogP contribution is -2.26. The molecule has 4 aromatic heterocycles. The molecular weight excluding hydrogens is 438 g/mol. The fourth-order valence-electron chi connectivity index (χ4n) is 3.06. The predicted octanol–water partition coefficient (Wildman–Crippen LogP) is 4.52. The number of thiazole rings is 1. The number of nitrogens with one attached hydrogen (secondary N) is 1. The van der Waals surface area contributed by atoms with Gasteiger partial charge in [-0.25, -0.2) is 15.0 Å². The number of methoxy groups -OCH3 is 1. The van der Waals surface area contributed by atoms with Gasteiger partial charge in [-0.05, 0) is 23.9 Å². The first-order valence-corrected chi connectivity index (χ1v) is 11.9. The molecule has 0 atom stereocenters. The first-order chi connectivity index (χ1) is 14.6. The van der Waals surface area contributed by atoms with Crippen LogP contribution in [0.15, 0.2) is 29.2 Å². The Hall–Kier alpha value is -2.40. The van der Waals surface area contributed by atoms with E-state index >= 15 is 0 Å². The third-order valence-electron chi connectivity index (χ3n) is 4.55. The first-order valence-electron chi connectivity index (χ1n) is 9.29. The van der Waals surface area contributed by atoms with Crippen molar-refractivity contribution in [3.05, 3.63) is 45.4 Å². The monoisotopic (exact) mass is 459 g/mol. The molecule has 4 heterocycles. The van der Waals surface area contributed by atoms with Crippen LogP contribution in [0.1, 0.15) is 20.9 Å². The molecule has 1 N–H and O–H groups in total. The molecule has 7 nitrogen and oxygen atoms in total. The summed E-state index contributed by atoms with van der Waals surface area (Å²) < 4.78 is 5.09. The Balaban J connectivity index is 1.54. The van der Waals surface area contributed by atoms with E-state index in [1.807, 2.05) is 23.8 Å². The summed E-state index contributed by atoms with van der Waals surface area (Å²) in [6, 6.07) is 4.07. The van der Waals surface area contributed by atoms with Gasteiger partial charge in [0.15, 0.2) is 0 Å². The molecule has 156 valence electrons. The van der Waals surface area contributed by atoms with Crippen LogP contribution in [0.25, 0.3) is 20.1 Å². The quantitative estimate of drug-likeness (QED) is 0.390. The Bertz CT molecular complexity index is 1150. The largest absolute Gasteiger partial charge is 0.383 e. The van der Waals surface area contributed by atoms with Gasteiger partial charge in [0.2, 0.25) is 0 Å². The molecule has 0 radical (unpaired) electrons. The van der Waals surface area contributed by atoms with Crippen molar-refractivity contribution >= 4 is 56.0 Å². The van der Waals surface area contributed by atoms with E-state index in [9.17, 15) is 4.79 Å². The van der Waals surface area contributed by atoms with Crippen LogP contribution in [0.5, 0.6) is 0 Å².